The van der Waals surface area contributed by atoms with Gasteiger partial charge in [0.1, 0.15) is 16.5 Å². The van der Waals surface area contributed by atoms with E-state index in [4.69, 9.17) is 32.7 Å². The summed E-state index contributed by atoms with van der Waals surface area (Å²) in [6.45, 7) is 5.81. The van der Waals surface area contributed by atoms with Crippen molar-refractivity contribution in [3.63, 3.8) is 0 Å². The Hall–Kier alpha value is -2.50. The van der Waals surface area contributed by atoms with Gasteiger partial charge in [0.25, 0.3) is 5.91 Å². The van der Waals surface area contributed by atoms with Gasteiger partial charge in [0.15, 0.2) is 12.4 Å². The summed E-state index contributed by atoms with van der Waals surface area (Å²) in [6.07, 6.45) is 1.20. The van der Waals surface area contributed by atoms with Gasteiger partial charge in [0.05, 0.1) is 12.1 Å². The molecule has 1 N–H and O–H groups in total. The number of allylic oxidation sites excluding steroid dienone is 1. The number of hydrogen-bond acceptors (Lipinski definition) is 4. The average Bonchev–Trinajstić information content (AvgIpc) is 2.74. The Labute approximate surface area is 180 Å². The summed E-state index contributed by atoms with van der Waals surface area (Å²) in [4.78, 5) is 24.3. The first-order valence-corrected chi connectivity index (χ1v) is 9.85. The molecule has 0 saturated heterocycles. The molecule has 0 spiro atoms. The van der Waals surface area contributed by atoms with Crippen molar-refractivity contribution < 1.29 is 19.1 Å². The van der Waals surface area contributed by atoms with Crippen molar-refractivity contribution in [2.75, 3.05) is 20.3 Å². The van der Waals surface area contributed by atoms with Crippen LogP contribution >= 0.6 is 23.2 Å². The predicted octanol–water partition coefficient (Wildman–Crippen LogP) is 4.89. The first-order valence-electron chi connectivity index (χ1n) is 9.10. The minimum Gasteiger partial charge on any atom is -0.497 e. The molecule has 0 saturated carbocycles. The zero-order chi connectivity index (χ0) is 21.4. The highest BCUT2D eigenvalue weighted by molar-refractivity contribution is 6.45. The summed E-state index contributed by atoms with van der Waals surface area (Å²) in [5.41, 5.74) is 1.78. The van der Waals surface area contributed by atoms with Gasteiger partial charge < -0.3 is 14.8 Å². The molecule has 0 aliphatic rings. The van der Waals surface area contributed by atoms with Crippen molar-refractivity contribution in [1.29, 1.82) is 0 Å². The van der Waals surface area contributed by atoms with E-state index in [1.165, 1.54) is 12.1 Å². The van der Waals surface area contributed by atoms with Gasteiger partial charge in [-0.1, -0.05) is 48.8 Å². The standard InChI is InChI=1S/C22H23Cl2NO4/c1-4-14(2)22(27)17-9-10-18(21(24)20(17)23)29-13-19(26)25-12-11-15-5-7-16(28-3)8-6-15/h5-10H,2,4,11-13H2,1,3H3,(H,25,26). The van der Waals surface area contributed by atoms with Gasteiger partial charge in [-0.15, -0.1) is 0 Å². The number of ketones is 1. The maximum atomic E-state index is 12.2. The van der Waals surface area contributed by atoms with Gasteiger partial charge in [0, 0.05) is 12.1 Å². The van der Waals surface area contributed by atoms with Gasteiger partial charge in [-0.2, -0.15) is 0 Å². The van der Waals surface area contributed by atoms with E-state index in [-0.39, 0.29) is 39.7 Å². The molecule has 29 heavy (non-hydrogen) atoms. The van der Waals surface area contributed by atoms with Crippen molar-refractivity contribution in [1.82, 2.24) is 5.32 Å². The molecule has 0 heterocycles. The van der Waals surface area contributed by atoms with Gasteiger partial charge in [-0.05, 0) is 48.2 Å². The molecule has 2 rings (SSSR count). The summed E-state index contributed by atoms with van der Waals surface area (Å²) in [5, 5.41) is 2.96. The highest BCUT2D eigenvalue weighted by atomic mass is 35.5. The topological polar surface area (TPSA) is 64.6 Å². The molecule has 7 heteroatoms. The minimum atomic E-state index is -0.287. The number of hydrogen-bond donors (Lipinski definition) is 1. The maximum Gasteiger partial charge on any atom is 0.257 e. The Bertz CT molecular complexity index is 894. The number of halogens is 2. The number of rotatable bonds is 10. The monoisotopic (exact) mass is 435 g/mol. The van der Waals surface area contributed by atoms with Gasteiger partial charge in [-0.3, -0.25) is 9.59 Å². The average molecular weight is 436 g/mol. The fourth-order valence-corrected chi connectivity index (χ4v) is 2.96. The molecule has 1 amide bonds. The number of methoxy groups -OCH3 is 1. The van der Waals surface area contributed by atoms with Crippen LogP contribution in [0.25, 0.3) is 0 Å². The second-order valence-electron chi connectivity index (χ2n) is 6.26. The number of benzene rings is 2. The SMILES string of the molecule is C=C(CC)C(=O)c1ccc(OCC(=O)NCCc2ccc(OC)cc2)c(Cl)c1Cl. The van der Waals surface area contributed by atoms with Crippen LogP contribution in [0.1, 0.15) is 29.3 Å². The van der Waals surface area contributed by atoms with Gasteiger partial charge in [-0.25, -0.2) is 0 Å². The molecule has 0 unspecified atom stereocenters. The number of ether oxygens (including phenoxy) is 2. The van der Waals surface area contributed by atoms with Crippen molar-refractivity contribution in [3.8, 4) is 11.5 Å². The van der Waals surface area contributed by atoms with Crippen LogP contribution in [0.2, 0.25) is 10.0 Å². The molecule has 0 aliphatic heterocycles. The van der Waals surface area contributed by atoms with E-state index in [0.29, 0.717) is 25.0 Å². The molecule has 0 bridgehead atoms. The third kappa shape index (κ3) is 6.24. The van der Waals surface area contributed by atoms with Crippen molar-refractivity contribution in [2.24, 2.45) is 0 Å². The fraction of sp³-hybridized carbons (Fsp3) is 0.273. The molecule has 2 aromatic carbocycles. The molecule has 0 aliphatic carbocycles. The van der Waals surface area contributed by atoms with Gasteiger partial charge in [0.2, 0.25) is 0 Å². The lowest BCUT2D eigenvalue weighted by atomic mass is 10.0. The lowest BCUT2D eigenvalue weighted by Crippen LogP contribution is -2.30. The molecule has 5 nitrogen and oxygen atoms in total. The van der Waals surface area contributed by atoms with Crippen LogP contribution in [0.4, 0.5) is 0 Å². The van der Waals surface area contributed by atoms with Crippen LogP contribution in [-0.2, 0) is 11.2 Å². The van der Waals surface area contributed by atoms with E-state index in [9.17, 15) is 9.59 Å². The second-order valence-corrected chi connectivity index (χ2v) is 7.02. The molecule has 0 radical (unpaired) electrons. The first-order chi connectivity index (χ1) is 13.9. The molecule has 0 fully saturated rings. The van der Waals surface area contributed by atoms with E-state index in [2.05, 4.69) is 11.9 Å². The molecule has 0 aromatic heterocycles. The molecule has 2 aromatic rings. The van der Waals surface area contributed by atoms with E-state index < -0.39 is 0 Å². The van der Waals surface area contributed by atoms with Gasteiger partial charge >= 0.3 is 0 Å². The Balaban J connectivity index is 1.87. The maximum absolute atomic E-state index is 12.2. The molecule has 0 atom stereocenters. The Morgan fingerprint density at radius 3 is 2.38 bits per heavy atom. The summed E-state index contributed by atoms with van der Waals surface area (Å²) in [5.74, 6) is 0.474. The van der Waals surface area contributed by atoms with Crippen molar-refractivity contribution in [3.05, 3.63) is 69.7 Å². The van der Waals surface area contributed by atoms with Crippen LogP contribution in [0.5, 0.6) is 11.5 Å². The highest BCUT2D eigenvalue weighted by Crippen LogP contribution is 2.35. The van der Waals surface area contributed by atoms with E-state index >= 15 is 0 Å². The fourth-order valence-electron chi connectivity index (χ4n) is 2.50. The third-order valence-electron chi connectivity index (χ3n) is 4.29. The summed E-state index contributed by atoms with van der Waals surface area (Å²) < 4.78 is 10.6. The Kier molecular flexibility index (Phi) is 8.55. The molecular weight excluding hydrogens is 413 g/mol. The van der Waals surface area contributed by atoms with Crippen LogP contribution in [-0.4, -0.2) is 32.0 Å². The zero-order valence-electron chi connectivity index (χ0n) is 16.4. The number of carbonyl (C=O) groups is 2. The normalized spacial score (nSPS) is 10.3. The predicted molar refractivity (Wildman–Crippen MR) is 115 cm³/mol. The summed E-state index contributed by atoms with van der Waals surface area (Å²) in [6, 6.07) is 10.7. The highest BCUT2D eigenvalue weighted by Gasteiger charge is 2.18. The van der Waals surface area contributed by atoms with Crippen LogP contribution in [0.15, 0.2) is 48.6 Å². The number of amides is 1. The number of carbonyl (C=O) groups excluding carboxylic acids is 2. The van der Waals surface area contributed by atoms with Crippen LogP contribution in [0, 0.1) is 0 Å². The number of Topliss-reactive ketones (excluding diaryl/α,β-unsaturated/α-hetero) is 1. The summed E-state index contributed by atoms with van der Waals surface area (Å²) in [7, 11) is 1.61. The van der Waals surface area contributed by atoms with Crippen LogP contribution < -0.4 is 14.8 Å². The molecule has 154 valence electrons. The second kappa shape index (κ2) is 10.9. The van der Waals surface area contributed by atoms with E-state index in [0.717, 1.165) is 11.3 Å². The van der Waals surface area contributed by atoms with E-state index in [1.807, 2.05) is 31.2 Å². The first kappa shape index (κ1) is 22.8. The minimum absolute atomic E-state index is 0.0867. The third-order valence-corrected chi connectivity index (χ3v) is 5.16. The van der Waals surface area contributed by atoms with Crippen molar-refractivity contribution >= 4 is 34.9 Å². The Morgan fingerprint density at radius 1 is 1.07 bits per heavy atom. The lowest BCUT2D eigenvalue weighted by molar-refractivity contribution is -0.123. The Morgan fingerprint density at radius 2 is 1.76 bits per heavy atom. The smallest absolute Gasteiger partial charge is 0.257 e. The largest absolute Gasteiger partial charge is 0.497 e. The van der Waals surface area contributed by atoms with E-state index in [1.54, 1.807) is 7.11 Å². The van der Waals surface area contributed by atoms with Crippen LogP contribution in [0.3, 0.4) is 0 Å². The quantitative estimate of drug-likeness (QED) is 0.426. The number of nitrogens with one attached hydrogen (secondary N) is 1. The lowest BCUT2D eigenvalue weighted by Gasteiger charge is -2.12. The summed E-state index contributed by atoms with van der Waals surface area (Å²) >= 11 is 12.4. The molecular formula is C22H23Cl2NO4. The zero-order valence-corrected chi connectivity index (χ0v) is 17.9. The van der Waals surface area contributed by atoms with Crippen molar-refractivity contribution in [2.45, 2.75) is 19.8 Å².